The van der Waals surface area contributed by atoms with Gasteiger partial charge < -0.3 is 10.1 Å². The number of esters is 1. The van der Waals surface area contributed by atoms with Crippen LogP contribution in [0.1, 0.15) is 36.0 Å². The van der Waals surface area contributed by atoms with E-state index in [1.54, 1.807) is 0 Å². The van der Waals surface area contributed by atoms with E-state index >= 15 is 0 Å². The van der Waals surface area contributed by atoms with E-state index in [9.17, 15) is 19.2 Å². The number of carbonyl (C=O) groups is 4. The molecule has 2 bridgehead atoms. The normalized spacial score (nSPS) is 25.1. The number of likely N-dealkylation sites (tertiary alicyclic amines) is 1. The SMILES string of the molecule is Cc1cc(NC(=O)COC(=O)[C@@H](Cc2ccccc2)N2C(=O)[C@@H]3[C@H]4CC[C@@H](C4)[C@@H]3C2=O)c(C)cc1Br. The molecule has 1 N–H and O–H groups in total. The van der Waals surface area contributed by atoms with Crippen LogP contribution >= 0.6 is 15.9 Å². The Bertz CT molecular complexity index is 1200. The van der Waals surface area contributed by atoms with Crippen molar-refractivity contribution in [1.82, 2.24) is 4.90 Å². The van der Waals surface area contributed by atoms with Gasteiger partial charge in [-0.2, -0.15) is 0 Å². The van der Waals surface area contributed by atoms with Crippen LogP contribution < -0.4 is 5.32 Å². The fraction of sp³-hybridized carbons (Fsp3) is 0.429. The third-order valence-corrected chi connectivity index (χ3v) is 8.80. The van der Waals surface area contributed by atoms with E-state index in [1.165, 1.54) is 0 Å². The monoisotopic (exact) mass is 552 g/mol. The first kappa shape index (κ1) is 24.7. The first-order valence-corrected chi connectivity index (χ1v) is 13.2. The lowest BCUT2D eigenvalue weighted by Crippen LogP contribution is -2.48. The Morgan fingerprint density at radius 2 is 1.67 bits per heavy atom. The number of benzene rings is 2. The zero-order chi connectivity index (χ0) is 25.6. The van der Waals surface area contributed by atoms with E-state index in [1.807, 2.05) is 56.3 Å². The third kappa shape index (κ3) is 4.47. The molecule has 2 saturated carbocycles. The van der Waals surface area contributed by atoms with Gasteiger partial charge in [0, 0.05) is 16.6 Å². The number of hydrogen-bond donors (Lipinski definition) is 1. The molecule has 2 aromatic rings. The highest BCUT2D eigenvalue weighted by Gasteiger charge is 2.62. The summed E-state index contributed by atoms with van der Waals surface area (Å²) in [5, 5.41) is 2.78. The minimum Gasteiger partial charge on any atom is -0.454 e. The van der Waals surface area contributed by atoms with Crippen molar-refractivity contribution in [2.75, 3.05) is 11.9 Å². The van der Waals surface area contributed by atoms with Crippen molar-refractivity contribution in [2.24, 2.45) is 23.7 Å². The van der Waals surface area contributed by atoms with E-state index < -0.39 is 24.5 Å². The molecular formula is C28H29BrN2O5. The van der Waals surface area contributed by atoms with Gasteiger partial charge in [0.1, 0.15) is 6.04 Å². The molecule has 3 aliphatic rings. The van der Waals surface area contributed by atoms with E-state index in [0.717, 1.165) is 45.3 Å². The van der Waals surface area contributed by atoms with Gasteiger partial charge in [0.2, 0.25) is 11.8 Å². The van der Waals surface area contributed by atoms with Crippen LogP contribution in [0.2, 0.25) is 0 Å². The Balaban J connectivity index is 1.32. The lowest BCUT2D eigenvalue weighted by molar-refractivity contribution is -0.160. The number of nitrogens with zero attached hydrogens (tertiary/aromatic N) is 1. The van der Waals surface area contributed by atoms with Crippen molar-refractivity contribution >= 4 is 45.3 Å². The summed E-state index contributed by atoms with van der Waals surface area (Å²) in [5.74, 6) is -1.96. The highest BCUT2D eigenvalue weighted by atomic mass is 79.9. The number of imide groups is 1. The van der Waals surface area contributed by atoms with Crippen molar-refractivity contribution < 1.29 is 23.9 Å². The summed E-state index contributed by atoms with van der Waals surface area (Å²) in [7, 11) is 0. The highest BCUT2D eigenvalue weighted by molar-refractivity contribution is 9.10. The van der Waals surface area contributed by atoms with E-state index in [4.69, 9.17) is 4.74 Å². The molecule has 0 radical (unpaired) electrons. The number of hydrogen-bond acceptors (Lipinski definition) is 5. The molecule has 36 heavy (non-hydrogen) atoms. The number of aryl methyl sites for hydroxylation is 2. The first-order chi connectivity index (χ1) is 17.2. The quantitative estimate of drug-likeness (QED) is 0.410. The van der Waals surface area contributed by atoms with Gasteiger partial charge in [0.25, 0.3) is 5.91 Å². The van der Waals surface area contributed by atoms with Crippen LogP contribution in [0.4, 0.5) is 5.69 Å². The van der Waals surface area contributed by atoms with Crippen LogP contribution in [-0.4, -0.2) is 41.2 Å². The molecule has 2 aliphatic carbocycles. The first-order valence-electron chi connectivity index (χ1n) is 12.4. The smallest absolute Gasteiger partial charge is 0.330 e. The molecule has 2 aromatic carbocycles. The Morgan fingerprint density at radius 1 is 1.03 bits per heavy atom. The van der Waals surface area contributed by atoms with Gasteiger partial charge in [-0.05, 0) is 73.8 Å². The van der Waals surface area contributed by atoms with Crippen molar-refractivity contribution in [1.29, 1.82) is 0 Å². The molecule has 0 unspecified atom stereocenters. The second-order valence-corrected chi connectivity index (χ2v) is 11.1. The van der Waals surface area contributed by atoms with Crippen LogP contribution in [0.25, 0.3) is 0 Å². The number of rotatable bonds is 7. The van der Waals surface area contributed by atoms with Crippen LogP contribution in [-0.2, 0) is 30.3 Å². The molecule has 7 nitrogen and oxygen atoms in total. The molecule has 3 fully saturated rings. The number of fused-ring (bicyclic) bond motifs is 5. The van der Waals surface area contributed by atoms with Crippen molar-refractivity contribution in [3.8, 4) is 0 Å². The fourth-order valence-electron chi connectivity index (χ4n) is 6.19. The molecule has 8 heteroatoms. The lowest BCUT2D eigenvalue weighted by Gasteiger charge is -2.26. The van der Waals surface area contributed by atoms with Gasteiger partial charge >= 0.3 is 5.97 Å². The number of halogens is 1. The van der Waals surface area contributed by atoms with Crippen LogP contribution in [0, 0.1) is 37.5 Å². The Hall–Kier alpha value is -3.00. The summed E-state index contributed by atoms with van der Waals surface area (Å²) in [4.78, 5) is 53.9. The molecule has 1 heterocycles. The third-order valence-electron chi connectivity index (χ3n) is 7.94. The number of ether oxygens (including phenoxy) is 1. The fourth-order valence-corrected chi connectivity index (χ4v) is 6.65. The number of amides is 3. The van der Waals surface area contributed by atoms with Gasteiger partial charge in [0.15, 0.2) is 6.61 Å². The predicted octanol–water partition coefficient (Wildman–Crippen LogP) is 4.19. The highest BCUT2D eigenvalue weighted by Crippen LogP contribution is 2.56. The Kier molecular flexibility index (Phi) is 6.72. The number of anilines is 1. The van der Waals surface area contributed by atoms with Gasteiger partial charge in [0.05, 0.1) is 11.8 Å². The van der Waals surface area contributed by atoms with Crippen molar-refractivity contribution in [3.63, 3.8) is 0 Å². The van der Waals surface area contributed by atoms with Crippen LogP contribution in [0.5, 0.6) is 0 Å². The minimum atomic E-state index is -1.10. The number of nitrogens with one attached hydrogen (secondary N) is 1. The molecule has 5 rings (SSSR count). The molecule has 0 aromatic heterocycles. The second-order valence-electron chi connectivity index (χ2n) is 10.2. The second kappa shape index (κ2) is 9.81. The number of carbonyl (C=O) groups excluding carboxylic acids is 4. The Labute approximate surface area is 218 Å². The van der Waals surface area contributed by atoms with Crippen molar-refractivity contribution in [2.45, 2.75) is 45.6 Å². The summed E-state index contributed by atoms with van der Waals surface area (Å²) in [6, 6.07) is 11.9. The van der Waals surface area contributed by atoms with Gasteiger partial charge in [-0.15, -0.1) is 0 Å². The zero-order valence-corrected chi connectivity index (χ0v) is 21.9. The zero-order valence-electron chi connectivity index (χ0n) is 20.3. The molecule has 3 amide bonds. The van der Waals surface area contributed by atoms with Crippen LogP contribution in [0.15, 0.2) is 46.9 Å². The maximum Gasteiger partial charge on any atom is 0.330 e. The van der Waals surface area contributed by atoms with Gasteiger partial charge in [-0.1, -0.05) is 46.3 Å². The van der Waals surface area contributed by atoms with Gasteiger partial charge in [-0.3, -0.25) is 19.3 Å². The molecule has 5 atom stereocenters. The van der Waals surface area contributed by atoms with Gasteiger partial charge in [-0.25, -0.2) is 4.79 Å². The summed E-state index contributed by atoms with van der Waals surface area (Å²) in [6.45, 7) is 3.28. The van der Waals surface area contributed by atoms with Crippen LogP contribution in [0.3, 0.4) is 0 Å². The maximum atomic E-state index is 13.4. The predicted molar refractivity (Wildman–Crippen MR) is 137 cm³/mol. The average Bonchev–Trinajstić information content (AvgIpc) is 3.54. The molecule has 1 aliphatic heterocycles. The standard InChI is InChI=1S/C28H29BrN2O5/c1-15-11-21(16(2)10-20(15)29)30-23(32)14-36-28(35)22(12-17-6-4-3-5-7-17)31-26(33)24-18-8-9-19(13-18)25(24)27(31)34/h3-7,10-11,18-19,22,24-25H,8-9,12-14H2,1-2H3,(H,30,32)/t18-,19-,22+,24-,25+/m0/s1. The van der Waals surface area contributed by atoms with E-state index in [0.29, 0.717) is 5.69 Å². The average molecular weight is 553 g/mol. The summed E-state index contributed by atoms with van der Waals surface area (Å²) in [6.07, 6.45) is 2.99. The molecule has 188 valence electrons. The molecular weight excluding hydrogens is 524 g/mol. The Morgan fingerprint density at radius 3 is 2.31 bits per heavy atom. The van der Waals surface area contributed by atoms with E-state index in [-0.39, 0.29) is 41.9 Å². The minimum absolute atomic E-state index is 0.151. The molecule has 0 spiro atoms. The summed E-state index contributed by atoms with van der Waals surface area (Å²) < 4.78 is 6.33. The topological polar surface area (TPSA) is 92.8 Å². The van der Waals surface area contributed by atoms with Crippen molar-refractivity contribution in [3.05, 3.63) is 63.6 Å². The lowest BCUT2D eigenvalue weighted by atomic mass is 9.81. The summed E-state index contributed by atoms with van der Waals surface area (Å²) in [5.41, 5.74) is 3.27. The largest absolute Gasteiger partial charge is 0.454 e. The van der Waals surface area contributed by atoms with E-state index in [2.05, 4.69) is 21.2 Å². The maximum absolute atomic E-state index is 13.4. The molecule has 1 saturated heterocycles. The summed E-state index contributed by atoms with van der Waals surface area (Å²) >= 11 is 3.47.